The molecular formula is C27H31N9O4. The zero-order chi connectivity index (χ0) is 27.8. The maximum absolute atomic E-state index is 12.9. The van der Waals surface area contributed by atoms with Gasteiger partial charge in [-0.05, 0) is 30.5 Å². The minimum atomic E-state index is -0.663. The molecule has 2 aliphatic heterocycles. The molecule has 6 rings (SSSR count). The summed E-state index contributed by atoms with van der Waals surface area (Å²) in [4.78, 5) is 42.5. The Hall–Kier alpha value is -4.52. The van der Waals surface area contributed by atoms with Gasteiger partial charge in [0, 0.05) is 45.9 Å². The second-order valence-corrected chi connectivity index (χ2v) is 10.3. The lowest BCUT2D eigenvalue weighted by Crippen LogP contribution is -2.45. The Bertz CT molecular complexity index is 1560. The first kappa shape index (κ1) is 25.7. The quantitative estimate of drug-likeness (QED) is 0.319. The SMILES string of the molecule is COC[C@H]1CCCN1C(=O)Cc1ccc2nc(N3CC(c4cnc(Nc5cnn(C)c5)c(C(N)=O)n4)C3)oc2c1. The number of carbonyl (C=O) groups is 2. The maximum Gasteiger partial charge on any atom is 0.298 e. The van der Waals surface area contributed by atoms with Crippen molar-refractivity contribution in [3.05, 3.63) is 53.7 Å². The van der Waals surface area contributed by atoms with Gasteiger partial charge in [-0.15, -0.1) is 0 Å². The number of amides is 2. The molecular weight excluding hydrogens is 514 g/mol. The molecule has 0 spiro atoms. The molecule has 2 amide bonds. The third kappa shape index (κ3) is 5.07. The van der Waals surface area contributed by atoms with Gasteiger partial charge in [0.1, 0.15) is 5.52 Å². The third-order valence-electron chi connectivity index (χ3n) is 7.42. The van der Waals surface area contributed by atoms with Gasteiger partial charge in [0.2, 0.25) is 5.91 Å². The van der Waals surface area contributed by atoms with Crippen molar-refractivity contribution in [3.8, 4) is 0 Å². The second kappa shape index (κ2) is 10.6. The molecule has 2 fully saturated rings. The highest BCUT2D eigenvalue weighted by Gasteiger charge is 2.34. The van der Waals surface area contributed by atoms with Crippen LogP contribution in [0.4, 0.5) is 17.5 Å². The third-order valence-corrected chi connectivity index (χ3v) is 7.42. The summed E-state index contributed by atoms with van der Waals surface area (Å²) < 4.78 is 13.0. The number of benzene rings is 1. The number of nitrogens with zero attached hydrogens (tertiary/aromatic N) is 7. The number of nitrogens with one attached hydrogen (secondary N) is 1. The van der Waals surface area contributed by atoms with E-state index >= 15 is 0 Å². The van der Waals surface area contributed by atoms with Crippen molar-refractivity contribution < 1.29 is 18.7 Å². The van der Waals surface area contributed by atoms with Gasteiger partial charge in [0.15, 0.2) is 17.1 Å². The van der Waals surface area contributed by atoms with E-state index in [9.17, 15) is 9.59 Å². The number of rotatable bonds is 9. The lowest BCUT2D eigenvalue weighted by molar-refractivity contribution is -0.132. The summed E-state index contributed by atoms with van der Waals surface area (Å²) in [5.41, 5.74) is 9.28. The van der Waals surface area contributed by atoms with Gasteiger partial charge in [-0.2, -0.15) is 10.1 Å². The van der Waals surface area contributed by atoms with Crippen LogP contribution in [0.3, 0.4) is 0 Å². The Labute approximate surface area is 230 Å². The number of aromatic nitrogens is 5. The number of anilines is 3. The van der Waals surface area contributed by atoms with Crippen molar-refractivity contribution in [1.29, 1.82) is 0 Å². The molecule has 13 heteroatoms. The molecule has 13 nitrogen and oxygen atoms in total. The van der Waals surface area contributed by atoms with E-state index in [0.29, 0.717) is 49.1 Å². The van der Waals surface area contributed by atoms with Crippen molar-refractivity contribution in [1.82, 2.24) is 29.6 Å². The van der Waals surface area contributed by atoms with Crippen molar-refractivity contribution >= 4 is 40.4 Å². The van der Waals surface area contributed by atoms with Crippen LogP contribution in [0.15, 0.2) is 41.2 Å². The molecule has 208 valence electrons. The molecule has 1 atom stereocenters. The summed E-state index contributed by atoms with van der Waals surface area (Å²) in [5, 5.41) is 7.14. The summed E-state index contributed by atoms with van der Waals surface area (Å²) in [7, 11) is 3.46. The fourth-order valence-electron chi connectivity index (χ4n) is 5.31. The minimum Gasteiger partial charge on any atom is -0.423 e. The summed E-state index contributed by atoms with van der Waals surface area (Å²) in [5.74, 6) is -0.235. The standard InChI is InChI=1S/C27H31N9O4/c1-34-14-18(10-30-34)31-26-24(25(28)38)32-21(11-29-26)17-12-35(13-17)27-33-20-6-5-16(8-22(20)40-27)9-23(37)36-7-3-4-19(36)15-39-2/h5-6,8,10-11,14,17,19H,3-4,7,9,12-13,15H2,1-2H3,(H2,28,38)(H,29,31)/t19-/m1/s1. The van der Waals surface area contributed by atoms with Crippen LogP contribution >= 0.6 is 0 Å². The molecule has 2 aliphatic rings. The number of fused-ring (bicyclic) bond motifs is 1. The average molecular weight is 546 g/mol. The Morgan fingerprint density at radius 1 is 1.23 bits per heavy atom. The summed E-state index contributed by atoms with van der Waals surface area (Å²) in [6.07, 6.45) is 7.32. The molecule has 0 unspecified atom stereocenters. The van der Waals surface area contributed by atoms with Crippen LogP contribution in [-0.2, 0) is 23.0 Å². The number of carbonyl (C=O) groups excluding carboxylic acids is 2. The van der Waals surface area contributed by atoms with E-state index in [4.69, 9.17) is 14.9 Å². The van der Waals surface area contributed by atoms with Crippen molar-refractivity contribution in [2.75, 3.05) is 43.6 Å². The highest BCUT2D eigenvalue weighted by atomic mass is 16.5. The molecule has 5 heterocycles. The fourth-order valence-corrected chi connectivity index (χ4v) is 5.31. The van der Waals surface area contributed by atoms with Crippen LogP contribution < -0.4 is 16.0 Å². The largest absolute Gasteiger partial charge is 0.423 e. The molecule has 3 N–H and O–H groups in total. The Morgan fingerprint density at radius 2 is 2.08 bits per heavy atom. The van der Waals surface area contributed by atoms with Crippen LogP contribution in [0.1, 0.15) is 40.5 Å². The fraction of sp³-hybridized carbons (Fsp3) is 0.407. The van der Waals surface area contributed by atoms with Gasteiger partial charge in [-0.25, -0.2) is 9.97 Å². The smallest absolute Gasteiger partial charge is 0.298 e. The van der Waals surface area contributed by atoms with E-state index in [1.807, 2.05) is 28.0 Å². The molecule has 0 bridgehead atoms. The van der Waals surface area contributed by atoms with Crippen molar-refractivity contribution in [2.24, 2.45) is 12.8 Å². The number of nitrogens with two attached hydrogens (primary N) is 1. The molecule has 0 saturated carbocycles. The first-order valence-corrected chi connectivity index (χ1v) is 13.2. The van der Waals surface area contributed by atoms with E-state index in [-0.39, 0.29) is 29.4 Å². The molecule has 2 saturated heterocycles. The van der Waals surface area contributed by atoms with E-state index in [1.165, 1.54) is 0 Å². The molecule has 3 aromatic heterocycles. The molecule has 0 radical (unpaired) electrons. The molecule has 0 aliphatic carbocycles. The topological polar surface area (TPSA) is 158 Å². The van der Waals surface area contributed by atoms with Crippen LogP contribution in [0, 0.1) is 0 Å². The van der Waals surface area contributed by atoms with E-state index < -0.39 is 5.91 Å². The molecule has 40 heavy (non-hydrogen) atoms. The first-order chi connectivity index (χ1) is 19.4. The predicted octanol–water partition coefficient (Wildman–Crippen LogP) is 1.98. The first-order valence-electron chi connectivity index (χ1n) is 13.2. The van der Waals surface area contributed by atoms with Crippen LogP contribution in [0.2, 0.25) is 0 Å². The van der Waals surface area contributed by atoms with E-state index in [2.05, 4.69) is 25.4 Å². The summed E-state index contributed by atoms with van der Waals surface area (Å²) >= 11 is 0. The van der Waals surface area contributed by atoms with Gasteiger partial charge in [0.25, 0.3) is 11.9 Å². The lowest BCUT2D eigenvalue weighted by atomic mass is 9.97. The summed E-state index contributed by atoms with van der Waals surface area (Å²) in [6.45, 7) is 2.55. The highest BCUT2D eigenvalue weighted by Crippen LogP contribution is 2.33. The van der Waals surface area contributed by atoms with Crippen molar-refractivity contribution in [2.45, 2.75) is 31.2 Å². The Morgan fingerprint density at radius 3 is 2.83 bits per heavy atom. The van der Waals surface area contributed by atoms with Crippen molar-refractivity contribution in [3.63, 3.8) is 0 Å². The van der Waals surface area contributed by atoms with Gasteiger partial charge in [-0.1, -0.05) is 6.07 Å². The number of hydrogen-bond acceptors (Lipinski definition) is 10. The number of hydrogen-bond donors (Lipinski definition) is 2. The van der Waals surface area contributed by atoms with Crippen LogP contribution in [0.25, 0.3) is 11.1 Å². The monoisotopic (exact) mass is 545 g/mol. The van der Waals surface area contributed by atoms with Gasteiger partial charge >= 0.3 is 0 Å². The predicted molar refractivity (Wildman–Crippen MR) is 146 cm³/mol. The minimum absolute atomic E-state index is 0.0433. The number of aryl methyl sites for hydroxylation is 1. The molecule has 1 aromatic carbocycles. The normalized spacial score (nSPS) is 17.4. The number of likely N-dealkylation sites (tertiary alicyclic amines) is 1. The zero-order valence-corrected chi connectivity index (χ0v) is 22.4. The number of methoxy groups -OCH3 is 1. The number of ether oxygens (including phenoxy) is 1. The number of oxazole rings is 1. The van der Waals surface area contributed by atoms with E-state index in [0.717, 1.165) is 30.5 Å². The van der Waals surface area contributed by atoms with Gasteiger partial charge in [-0.3, -0.25) is 14.3 Å². The zero-order valence-electron chi connectivity index (χ0n) is 22.4. The van der Waals surface area contributed by atoms with Gasteiger partial charge in [0.05, 0.1) is 42.8 Å². The van der Waals surface area contributed by atoms with E-state index in [1.54, 1.807) is 37.4 Å². The second-order valence-electron chi connectivity index (χ2n) is 10.3. The maximum atomic E-state index is 12.9. The average Bonchev–Trinajstić information content (AvgIpc) is 3.64. The van der Waals surface area contributed by atoms with Crippen LogP contribution in [-0.4, -0.2) is 80.8 Å². The highest BCUT2D eigenvalue weighted by molar-refractivity contribution is 5.96. The Balaban J connectivity index is 1.11. The van der Waals surface area contributed by atoms with Gasteiger partial charge < -0.3 is 30.0 Å². The summed E-state index contributed by atoms with van der Waals surface area (Å²) in [6, 6.07) is 6.36. The lowest BCUT2D eigenvalue weighted by Gasteiger charge is -2.37. The Kier molecular flexibility index (Phi) is 6.80. The number of primary amides is 1. The molecule has 4 aromatic rings. The van der Waals surface area contributed by atoms with Crippen LogP contribution in [0.5, 0.6) is 0 Å².